The van der Waals surface area contributed by atoms with Gasteiger partial charge in [0.25, 0.3) is 5.91 Å². The van der Waals surface area contributed by atoms with Gasteiger partial charge >= 0.3 is 0 Å². The Morgan fingerprint density at radius 1 is 1.20 bits per heavy atom. The number of aryl methyl sites for hydroxylation is 1. The Kier molecular flexibility index (Phi) is 4.27. The predicted molar refractivity (Wildman–Crippen MR) is 104 cm³/mol. The van der Waals surface area contributed by atoms with Crippen LogP contribution in [0, 0.1) is 0 Å². The Labute approximate surface area is 155 Å². The molecule has 4 rings (SSSR count). The SMILES string of the molecule is Cn1c(/C=C2/SCCN2C(=O)c2ccccc2Cl)nc2ccccc21. The molecule has 0 unspecified atom stereocenters. The first-order chi connectivity index (χ1) is 12.1. The second-order valence-electron chi connectivity index (χ2n) is 5.79. The van der Waals surface area contributed by atoms with Crippen molar-refractivity contribution in [3.05, 3.63) is 70.0 Å². The summed E-state index contributed by atoms with van der Waals surface area (Å²) < 4.78 is 2.04. The molecule has 1 fully saturated rings. The first-order valence-electron chi connectivity index (χ1n) is 7.97. The highest BCUT2D eigenvalue weighted by molar-refractivity contribution is 8.03. The molecule has 4 nitrogen and oxygen atoms in total. The average Bonchev–Trinajstić information content (AvgIpc) is 3.21. The van der Waals surface area contributed by atoms with Gasteiger partial charge in [-0.3, -0.25) is 4.79 Å². The molecule has 0 aliphatic carbocycles. The number of carbonyl (C=O) groups excluding carboxylic acids is 1. The smallest absolute Gasteiger partial charge is 0.260 e. The van der Waals surface area contributed by atoms with E-state index in [1.165, 1.54) is 0 Å². The van der Waals surface area contributed by atoms with Crippen molar-refractivity contribution in [1.29, 1.82) is 0 Å². The van der Waals surface area contributed by atoms with Crippen LogP contribution in [-0.2, 0) is 7.05 Å². The molecule has 126 valence electrons. The molecule has 1 aliphatic rings. The highest BCUT2D eigenvalue weighted by Crippen LogP contribution is 2.32. The van der Waals surface area contributed by atoms with E-state index in [0.717, 1.165) is 27.6 Å². The van der Waals surface area contributed by atoms with Crippen LogP contribution in [0.3, 0.4) is 0 Å². The Bertz CT molecular complexity index is 995. The van der Waals surface area contributed by atoms with E-state index in [9.17, 15) is 4.79 Å². The fraction of sp³-hybridized carbons (Fsp3) is 0.158. The molecule has 1 amide bonds. The van der Waals surface area contributed by atoms with Gasteiger partial charge in [0.2, 0.25) is 0 Å². The van der Waals surface area contributed by atoms with Crippen molar-refractivity contribution < 1.29 is 4.79 Å². The summed E-state index contributed by atoms with van der Waals surface area (Å²) in [6.07, 6.45) is 1.98. The van der Waals surface area contributed by atoms with Crippen LogP contribution in [0.15, 0.2) is 53.6 Å². The van der Waals surface area contributed by atoms with Crippen LogP contribution < -0.4 is 0 Å². The molecule has 0 bridgehead atoms. The molecule has 0 atom stereocenters. The van der Waals surface area contributed by atoms with E-state index in [2.05, 4.69) is 4.98 Å². The van der Waals surface area contributed by atoms with Crippen LogP contribution in [0.4, 0.5) is 0 Å². The molecule has 25 heavy (non-hydrogen) atoms. The molecule has 2 aromatic carbocycles. The molecular formula is C19H16ClN3OS. The predicted octanol–water partition coefficient (Wildman–Crippen LogP) is 4.41. The van der Waals surface area contributed by atoms with Gasteiger partial charge in [-0.2, -0.15) is 0 Å². The van der Waals surface area contributed by atoms with Crippen molar-refractivity contribution in [2.24, 2.45) is 7.05 Å². The van der Waals surface area contributed by atoms with Crippen molar-refractivity contribution in [1.82, 2.24) is 14.5 Å². The van der Waals surface area contributed by atoms with Gasteiger partial charge in [0.15, 0.2) is 0 Å². The van der Waals surface area contributed by atoms with Gasteiger partial charge in [-0.1, -0.05) is 35.9 Å². The highest BCUT2D eigenvalue weighted by Gasteiger charge is 2.27. The van der Waals surface area contributed by atoms with Crippen LogP contribution >= 0.6 is 23.4 Å². The molecule has 1 saturated heterocycles. The van der Waals surface area contributed by atoms with Gasteiger partial charge in [0, 0.05) is 25.4 Å². The largest absolute Gasteiger partial charge is 0.328 e. The fourth-order valence-electron chi connectivity index (χ4n) is 2.93. The number of rotatable bonds is 2. The first kappa shape index (κ1) is 16.2. The standard InChI is InChI=1S/C19H16ClN3OS/c1-22-16-9-5-4-8-15(16)21-17(22)12-18-23(10-11-25-18)19(24)13-6-2-3-7-14(13)20/h2-9,12H,10-11H2,1H3/b18-12+. The second kappa shape index (κ2) is 6.58. The number of amides is 1. The van der Waals surface area contributed by atoms with Crippen molar-refractivity contribution in [3.8, 4) is 0 Å². The third kappa shape index (κ3) is 2.94. The maximum atomic E-state index is 12.9. The van der Waals surface area contributed by atoms with Gasteiger partial charge in [0.05, 0.1) is 26.6 Å². The summed E-state index contributed by atoms with van der Waals surface area (Å²) in [5, 5.41) is 1.38. The summed E-state index contributed by atoms with van der Waals surface area (Å²) in [4.78, 5) is 19.3. The highest BCUT2D eigenvalue weighted by atomic mass is 35.5. The number of aromatic nitrogens is 2. The van der Waals surface area contributed by atoms with Crippen LogP contribution in [0.25, 0.3) is 17.1 Å². The number of hydrogen-bond acceptors (Lipinski definition) is 3. The van der Waals surface area contributed by atoms with Crippen LogP contribution in [0.1, 0.15) is 16.2 Å². The molecule has 3 aromatic rings. The molecule has 2 heterocycles. The van der Waals surface area contributed by atoms with Gasteiger partial charge in [-0.15, -0.1) is 11.8 Å². The molecule has 0 N–H and O–H groups in total. The van der Waals surface area contributed by atoms with Crippen LogP contribution in [0.5, 0.6) is 0 Å². The fourth-order valence-corrected chi connectivity index (χ4v) is 4.15. The van der Waals surface area contributed by atoms with Gasteiger partial charge in [-0.05, 0) is 24.3 Å². The summed E-state index contributed by atoms with van der Waals surface area (Å²) >= 11 is 7.86. The molecule has 0 spiro atoms. The van der Waals surface area contributed by atoms with Crippen LogP contribution in [0.2, 0.25) is 5.02 Å². The monoisotopic (exact) mass is 369 g/mol. The summed E-state index contributed by atoms with van der Waals surface area (Å²) in [5.41, 5.74) is 2.55. The number of para-hydroxylation sites is 2. The normalized spacial score (nSPS) is 16.1. The zero-order valence-corrected chi connectivity index (χ0v) is 15.2. The maximum absolute atomic E-state index is 12.9. The summed E-state index contributed by atoms with van der Waals surface area (Å²) in [6.45, 7) is 0.671. The van der Waals surface area contributed by atoms with E-state index >= 15 is 0 Å². The van der Waals surface area contributed by atoms with E-state index in [1.54, 1.807) is 28.8 Å². The van der Waals surface area contributed by atoms with E-state index in [0.29, 0.717) is 17.1 Å². The van der Waals surface area contributed by atoms with Crippen molar-refractivity contribution in [3.63, 3.8) is 0 Å². The minimum atomic E-state index is -0.0689. The van der Waals surface area contributed by atoms with Crippen molar-refractivity contribution in [2.45, 2.75) is 0 Å². The third-order valence-corrected chi connectivity index (χ3v) is 5.60. The van der Waals surface area contributed by atoms with E-state index in [1.807, 2.05) is 54.1 Å². The number of carbonyl (C=O) groups is 1. The molecular weight excluding hydrogens is 354 g/mol. The topological polar surface area (TPSA) is 38.1 Å². The Balaban J connectivity index is 1.71. The second-order valence-corrected chi connectivity index (χ2v) is 7.31. The number of imidazole rings is 1. The quantitative estimate of drug-likeness (QED) is 0.671. The lowest BCUT2D eigenvalue weighted by Gasteiger charge is -2.17. The third-order valence-electron chi connectivity index (χ3n) is 4.25. The number of fused-ring (bicyclic) bond motifs is 1. The number of benzene rings is 2. The van der Waals surface area contributed by atoms with Crippen molar-refractivity contribution >= 4 is 46.4 Å². The number of nitrogens with zero attached hydrogens (tertiary/aromatic N) is 3. The number of hydrogen-bond donors (Lipinski definition) is 0. The molecule has 1 aliphatic heterocycles. The lowest BCUT2D eigenvalue weighted by atomic mass is 10.2. The molecule has 6 heteroatoms. The first-order valence-corrected chi connectivity index (χ1v) is 9.34. The van der Waals surface area contributed by atoms with E-state index in [4.69, 9.17) is 11.6 Å². The van der Waals surface area contributed by atoms with E-state index < -0.39 is 0 Å². The van der Waals surface area contributed by atoms with Gasteiger partial charge < -0.3 is 9.47 Å². The Morgan fingerprint density at radius 3 is 2.76 bits per heavy atom. The molecule has 0 saturated carbocycles. The zero-order chi connectivity index (χ0) is 17.4. The van der Waals surface area contributed by atoms with Gasteiger partial charge in [0.1, 0.15) is 5.82 Å². The van der Waals surface area contributed by atoms with E-state index in [-0.39, 0.29) is 5.91 Å². The Morgan fingerprint density at radius 2 is 1.96 bits per heavy atom. The average molecular weight is 370 g/mol. The number of thioether (sulfide) groups is 1. The summed E-state index contributed by atoms with van der Waals surface area (Å²) in [6, 6.07) is 15.2. The molecule has 1 aromatic heterocycles. The minimum Gasteiger partial charge on any atom is -0.328 e. The van der Waals surface area contributed by atoms with Crippen LogP contribution in [-0.4, -0.2) is 32.7 Å². The number of halogens is 1. The van der Waals surface area contributed by atoms with Crippen molar-refractivity contribution in [2.75, 3.05) is 12.3 Å². The molecule has 0 radical (unpaired) electrons. The minimum absolute atomic E-state index is 0.0689. The Hall–Kier alpha value is -2.24. The lowest BCUT2D eigenvalue weighted by Crippen LogP contribution is -2.27. The maximum Gasteiger partial charge on any atom is 0.260 e. The summed E-state index contributed by atoms with van der Waals surface area (Å²) in [5.74, 6) is 1.63. The van der Waals surface area contributed by atoms with Gasteiger partial charge in [-0.25, -0.2) is 4.98 Å². The lowest BCUT2D eigenvalue weighted by molar-refractivity contribution is 0.0831. The zero-order valence-electron chi connectivity index (χ0n) is 13.6. The summed E-state index contributed by atoms with van der Waals surface area (Å²) in [7, 11) is 1.99.